The maximum absolute atomic E-state index is 12.6. The van der Waals surface area contributed by atoms with Crippen LogP contribution in [0.3, 0.4) is 0 Å². The van der Waals surface area contributed by atoms with Crippen LogP contribution in [0, 0.1) is 12.3 Å². The Hall–Kier alpha value is -1.99. The van der Waals surface area contributed by atoms with Gasteiger partial charge < -0.3 is 10.1 Å². The van der Waals surface area contributed by atoms with Gasteiger partial charge in [-0.25, -0.2) is 4.79 Å². The first-order chi connectivity index (χ1) is 10.9. The molecule has 1 heterocycles. The summed E-state index contributed by atoms with van der Waals surface area (Å²) in [4.78, 5) is 14.3. The molecule has 1 amide bonds. The monoisotopic (exact) mass is 314 g/mol. The van der Waals surface area contributed by atoms with Crippen molar-refractivity contribution in [3.05, 3.63) is 29.3 Å². The summed E-state index contributed by atoms with van der Waals surface area (Å²) in [5, 5.41) is 3.34. The summed E-state index contributed by atoms with van der Waals surface area (Å²) in [5.74, 6) is 2.62. The minimum Gasteiger partial charge on any atom is -0.443 e. The molecule has 1 aromatic rings. The minimum atomic E-state index is -0.491. The summed E-state index contributed by atoms with van der Waals surface area (Å²) < 4.78 is 5.57. The molecular formula is C19H26N2O2. The molecule has 1 aliphatic rings. The van der Waals surface area contributed by atoms with Gasteiger partial charge in [-0.3, -0.25) is 4.90 Å². The molecule has 0 atom stereocenters. The minimum absolute atomic E-state index is 0.269. The van der Waals surface area contributed by atoms with Gasteiger partial charge in [0.2, 0.25) is 0 Å². The number of anilines is 1. The molecule has 4 nitrogen and oxygen atoms in total. The lowest BCUT2D eigenvalue weighted by Crippen LogP contribution is -2.40. The number of carbonyl (C=O) groups excluding carboxylic acids is 1. The molecule has 4 heteroatoms. The number of nitrogens with zero attached hydrogens (tertiary/aromatic N) is 1. The van der Waals surface area contributed by atoms with Crippen LogP contribution in [0.25, 0.3) is 0 Å². The Balaban J connectivity index is 2.21. The number of aryl methyl sites for hydroxylation is 1. The van der Waals surface area contributed by atoms with Crippen molar-refractivity contribution in [1.82, 2.24) is 5.32 Å². The average molecular weight is 314 g/mol. The highest BCUT2D eigenvalue weighted by Crippen LogP contribution is 2.32. The lowest BCUT2D eigenvalue weighted by Gasteiger charge is -2.33. The number of ether oxygens (including phenoxy) is 1. The van der Waals surface area contributed by atoms with Crippen LogP contribution in [-0.2, 0) is 17.7 Å². The summed E-state index contributed by atoms with van der Waals surface area (Å²) in [6, 6.07) is 6.21. The normalized spacial score (nSPS) is 14.1. The molecule has 0 fully saturated rings. The lowest BCUT2D eigenvalue weighted by molar-refractivity contribution is 0.0577. The van der Waals surface area contributed by atoms with Crippen LogP contribution >= 0.6 is 0 Å². The predicted octanol–water partition coefficient (Wildman–Crippen LogP) is 3.49. The van der Waals surface area contributed by atoms with Crippen molar-refractivity contribution < 1.29 is 9.53 Å². The van der Waals surface area contributed by atoms with E-state index in [0.717, 1.165) is 30.6 Å². The summed E-state index contributed by atoms with van der Waals surface area (Å²) >= 11 is 0. The maximum Gasteiger partial charge on any atom is 0.414 e. The average Bonchev–Trinajstić information content (AvgIpc) is 2.49. The summed E-state index contributed by atoms with van der Waals surface area (Å²) in [7, 11) is 0. The van der Waals surface area contributed by atoms with Gasteiger partial charge >= 0.3 is 6.09 Å². The first-order valence-electron chi connectivity index (χ1n) is 8.18. The van der Waals surface area contributed by atoms with Crippen molar-refractivity contribution >= 4 is 11.8 Å². The van der Waals surface area contributed by atoms with Gasteiger partial charge in [0.1, 0.15) is 5.60 Å². The molecule has 23 heavy (non-hydrogen) atoms. The SMILES string of the molecule is C#CCCNCc1cccc2c1N(C(=O)OC(C)(C)C)CCC2. The molecule has 0 radical (unpaired) electrons. The van der Waals surface area contributed by atoms with Gasteiger partial charge in [0, 0.05) is 26.1 Å². The first-order valence-corrected chi connectivity index (χ1v) is 8.18. The number of terminal acetylenes is 1. The van der Waals surface area contributed by atoms with Crippen LogP contribution in [0.1, 0.15) is 44.7 Å². The van der Waals surface area contributed by atoms with Gasteiger partial charge in [0.05, 0.1) is 5.69 Å². The molecule has 0 unspecified atom stereocenters. The number of hydrogen-bond donors (Lipinski definition) is 1. The molecule has 124 valence electrons. The number of amides is 1. The van der Waals surface area contributed by atoms with E-state index in [1.807, 2.05) is 20.8 Å². The van der Waals surface area contributed by atoms with Crippen LogP contribution in [0.2, 0.25) is 0 Å². The van der Waals surface area contributed by atoms with Gasteiger partial charge in [-0.1, -0.05) is 18.2 Å². The highest BCUT2D eigenvalue weighted by molar-refractivity contribution is 5.90. The van der Waals surface area contributed by atoms with E-state index in [9.17, 15) is 4.79 Å². The second-order valence-electron chi connectivity index (χ2n) is 6.79. The molecule has 0 aliphatic carbocycles. The fourth-order valence-electron chi connectivity index (χ4n) is 2.76. The van der Waals surface area contributed by atoms with Crippen LogP contribution < -0.4 is 10.2 Å². The Kier molecular flexibility index (Phi) is 5.68. The highest BCUT2D eigenvalue weighted by atomic mass is 16.6. The molecule has 2 rings (SSSR count). The number of hydrogen-bond acceptors (Lipinski definition) is 3. The second-order valence-corrected chi connectivity index (χ2v) is 6.79. The van der Waals surface area contributed by atoms with Gasteiger partial charge in [-0.2, -0.15) is 0 Å². The Morgan fingerprint density at radius 1 is 1.43 bits per heavy atom. The Morgan fingerprint density at radius 3 is 2.91 bits per heavy atom. The first kappa shape index (κ1) is 17.4. The summed E-state index contributed by atoms with van der Waals surface area (Å²) in [6.07, 6.45) is 7.66. The van der Waals surface area contributed by atoms with E-state index in [0.29, 0.717) is 19.5 Å². The van der Waals surface area contributed by atoms with E-state index in [1.54, 1.807) is 4.90 Å². The molecule has 0 bridgehead atoms. The molecular weight excluding hydrogens is 288 g/mol. The number of fused-ring (bicyclic) bond motifs is 1. The molecule has 0 aromatic heterocycles. The number of rotatable bonds is 4. The van der Waals surface area contributed by atoms with Crippen molar-refractivity contribution in [2.75, 3.05) is 18.0 Å². The van der Waals surface area contributed by atoms with Gasteiger partial charge in [0.15, 0.2) is 0 Å². The fraction of sp³-hybridized carbons (Fsp3) is 0.526. The van der Waals surface area contributed by atoms with E-state index in [2.05, 4.69) is 29.4 Å². The third-order valence-corrected chi connectivity index (χ3v) is 3.68. The zero-order chi connectivity index (χ0) is 16.9. The largest absolute Gasteiger partial charge is 0.443 e. The topological polar surface area (TPSA) is 41.6 Å². The third kappa shape index (κ3) is 4.74. The van der Waals surface area contributed by atoms with E-state index in [-0.39, 0.29) is 6.09 Å². The highest BCUT2D eigenvalue weighted by Gasteiger charge is 2.28. The quantitative estimate of drug-likeness (QED) is 0.683. The summed E-state index contributed by atoms with van der Waals surface area (Å²) in [6.45, 7) is 7.84. The van der Waals surface area contributed by atoms with Crippen molar-refractivity contribution in [2.45, 2.75) is 52.2 Å². The predicted molar refractivity (Wildman–Crippen MR) is 93.5 cm³/mol. The van der Waals surface area contributed by atoms with E-state index < -0.39 is 5.60 Å². The van der Waals surface area contributed by atoms with Gasteiger partial charge in [0.25, 0.3) is 0 Å². The van der Waals surface area contributed by atoms with Crippen LogP contribution in [0.5, 0.6) is 0 Å². The lowest BCUT2D eigenvalue weighted by atomic mass is 9.98. The van der Waals surface area contributed by atoms with Crippen molar-refractivity contribution in [3.8, 4) is 12.3 Å². The molecule has 1 aliphatic heterocycles. The Bertz CT molecular complexity index is 596. The standard InChI is InChI=1S/C19H26N2O2/c1-5-6-12-20-14-16-10-7-9-15-11-8-13-21(17(15)16)18(22)23-19(2,3)4/h1,7,9-10,20H,6,8,11-14H2,2-4H3. The van der Waals surface area contributed by atoms with Crippen LogP contribution in [0.4, 0.5) is 10.5 Å². The molecule has 0 saturated carbocycles. The number of para-hydroxylation sites is 1. The number of benzene rings is 1. The van der Waals surface area contributed by atoms with Crippen LogP contribution in [-0.4, -0.2) is 24.8 Å². The van der Waals surface area contributed by atoms with E-state index in [4.69, 9.17) is 11.2 Å². The maximum atomic E-state index is 12.6. The Labute approximate surface area is 139 Å². The number of carbonyl (C=O) groups is 1. The second kappa shape index (κ2) is 7.52. The molecule has 0 saturated heterocycles. The van der Waals surface area contributed by atoms with Crippen molar-refractivity contribution in [2.24, 2.45) is 0 Å². The van der Waals surface area contributed by atoms with Crippen LogP contribution in [0.15, 0.2) is 18.2 Å². The molecule has 1 N–H and O–H groups in total. The van der Waals surface area contributed by atoms with Crippen molar-refractivity contribution in [1.29, 1.82) is 0 Å². The zero-order valence-electron chi connectivity index (χ0n) is 14.3. The molecule has 1 aromatic carbocycles. The third-order valence-electron chi connectivity index (χ3n) is 3.68. The van der Waals surface area contributed by atoms with Crippen molar-refractivity contribution in [3.63, 3.8) is 0 Å². The van der Waals surface area contributed by atoms with Gasteiger partial charge in [-0.15, -0.1) is 12.3 Å². The summed E-state index contributed by atoms with van der Waals surface area (Å²) in [5.41, 5.74) is 2.83. The van der Waals surface area contributed by atoms with E-state index >= 15 is 0 Å². The smallest absolute Gasteiger partial charge is 0.414 e. The molecule has 0 spiro atoms. The Morgan fingerprint density at radius 2 is 2.22 bits per heavy atom. The van der Waals surface area contributed by atoms with Gasteiger partial charge in [-0.05, 0) is 44.7 Å². The van der Waals surface area contributed by atoms with E-state index in [1.165, 1.54) is 5.56 Å². The fourth-order valence-corrected chi connectivity index (χ4v) is 2.76. The number of nitrogens with one attached hydrogen (secondary N) is 1. The zero-order valence-corrected chi connectivity index (χ0v) is 14.3.